The van der Waals surface area contributed by atoms with Crippen LogP contribution in [0.3, 0.4) is 0 Å². The van der Waals surface area contributed by atoms with E-state index < -0.39 is 30.1 Å². The summed E-state index contributed by atoms with van der Waals surface area (Å²) in [6, 6.07) is 1.80. The number of nitrogen functional groups attached to an aromatic ring is 1. The Morgan fingerprint density at radius 2 is 2.06 bits per heavy atom. The van der Waals surface area contributed by atoms with Crippen LogP contribution in [0.4, 0.5) is 19.0 Å². The van der Waals surface area contributed by atoms with Crippen molar-refractivity contribution in [2.45, 2.75) is 31.3 Å². The van der Waals surface area contributed by atoms with E-state index in [0.717, 1.165) is 18.3 Å². The standard InChI is InChI=1S/C22H21F3N8O3/c1-27-20(34)13-6-8-16(36-13)33-11-29-17-18(26)30-15(31-19(17)33)4-3-9-32(2)21(35)12-5-7-14(28-10-12)22(23,24)25/h5,7,10-11,13,16H,6,8-9H2,1-2H3,(H,27,34)(H2,26,30,31)/t13-,16+/m0/s1. The van der Waals surface area contributed by atoms with Gasteiger partial charge in [0.05, 0.1) is 18.4 Å². The number of alkyl halides is 3. The highest BCUT2D eigenvalue weighted by Gasteiger charge is 2.33. The highest BCUT2D eigenvalue weighted by Crippen LogP contribution is 2.31. The molecule has 3 N–H and O–H groups in total. The van der Waals surface area contributed by atoms with Crippen LogP contribution < -0.4 is 11.1 Å². The molecule has 3 aromatic rings. The Balaban J connectivity index is 1.48. The summed E-state index contributed by atoms with van der Waals surface area (Å²) in [5.41, 5.74) is 5.66. The number of nitrogens with zero attached hydrogens (tertiary/aromatic N) is 6. The van der Waals surface area contributed by atoms with Crippen LogP contribution in [0.25, 0.3) is 11.2 Å². The maximum absolute atomic E-state index is 12.7. The molecule has 0 radical (unpaired) electrons. The van der Waals surface area contributed by atoms with Gasteiger partial charge in [-0.3, -0.25) is 19.1 Å². The second-order valence-electron chi connectivity index (χ2n) is 7.92. The Hall–Kier alpha value is -4.25. The van der Waals surface area contributed by atoms with Crippen molar-refractivity contribution in [3.63, 3.8) is 0 Å². The number of amides is 2. The van der Waals surface area contributed by atoms with Crippen LogP contribution in [-0.2, 0) is 15.7 Å². The lowest BCUT2D eigenvalue weighted by Crippen LogP contribution is -2.31. The SMILES string of the molecule is CNC(=O)[C@@H]1CC[C@H](n2cnc3c(N)nc(C#CCN(C)C(=O)c4ccc(C(F)(F)F)nc4)nc32)O1. The monoisotopic (exact) mass is 502 g/mol. The predicted molar refractivity (Wildman–Crippen MR) is 120 cm³/mol. The number of ether oxygens (including phenoxy) is 1. The van der Waals surface area contributed by atoms with Gasteiger partial charge in [-0.25, -0.2) is 15.0 Å². The molecule has 3 aromatic heterocycles. The lowest BCUT2D eigenvalue weighted by Gasteiger charge is -2.14. The number of pyridine rings is 1. The van der Waals surface area contributed by atoms with Gasteiger partial charge in [-0.15, -0.1) is 0 Å². The molecule has 0 spiro atoms. The number of likely N-dealkylation sites (N-methyl/N-ethyl adjacent to an activating group) is 1. The molecule has 188 valence electrons. The van der Waals surface area contributed by atoms with E-state index in [4.69, 9.17) is 10.5 Å². The molecule has 36 heavy (non-hydrogen) atoms. The van der Waals surface area contributed by atoms with Crippen molar-refractivity contribution in [1.82, 2.24) is 34.7 Å². The van der Waals surface area contributed by atoms with Crippen molar-refractivity contribution in [3.05, 3.63) is 41.7 Å². The zero-order chi connectivity index (χ0) is 26.0. The zero-order valence-corrected chi connectivity index (χ0v) is 19.2. The Kier molecular flexibility index (Phi) is 6.75. The quantitative estimate of drug-likeness (QED) is 0.510. The maximum Gasteiger partial charge on any atom is 0.433 e. The van der Waals surface area contributed by atoms with Crippen LogP contribution in [0.5, 0.6) is 0 Å². The summed E-state index contributed by atoms with van der Waals surface area (Å²) < 4.78 is 45.5. The summed E-state index contributed by atoms with van der Waals surface area (Å²) in [4.78, 5) is 41.6. The first-order valence-electron chi connectivity index (χ1n) is 10.7. The van der Waals surface area contributed by atoms with Gasteiger partial charge in [-0.2, -0.15) is 13.2 Å². The van der Waals surface area contributed by atoms with Gasteiger partial charge < -0.3 is 20.7 Å². The Morgan fingerprint density at radius 3 is 2.72 bits per heavy atom. The second kappa shape index (κ2) is 9.78. The van der Waals surface area contributed by atoms with Gasteiger partial charge in [-0.1, -0.05) is 5.92 Å². The highest BCUT2D eigenvalue weighted by molar-refractivity contribution is 5.93. The Morgan fingerprint density at radius 1 is 1.28 bits per heavy atom. The first-order chi connectivity index (χ1) is 17.1. The fraction of sp³-hybridized carbons (Fsp3) is 0.364. The maximum atomic E-state index is 12.7. The van der Waals surface area contributed by atoms with Crippen molar-refractivity contribution in [2.24, 2.45) is 0 Å². The number of imidazole rings is 1. The fourth-order valence-corrected chi connectivity index (χ4v) is 3.60. The average molecular weight is 502 g/mol. The molecule has 1 saturated heterocycles. The van der Waals surface area contributed by atoms with Gasteiger partial charge in [0, 0.05) is 20.3 Å². The minimum absolute atomic E-state index is 0.00950. The highest BCUT2D eigenvalue weighted by atomic mass is 19.4. The number of aromatic nitrogens is 5. The third-order valence-electron chi connectivity index (χ3n) is 5.46. The molecule has 1 aliphatic heterocycles. The van der Waals surface area contributed by atoms with E-state index in [1.807, 2.05) is 0 Å². The number of nitrogens with one attached hydrogen (secondary N) is 1. The topological polar surface area (TPSA) is 141 Å². The van der Waals surface area contributed by atoms with Crippen LogP contribution in [0, 0.1) is 11.8 Å². The van der Waals surface area contributed by atoms with Gasteiger partial charge in [0.2, 0.25) is 11.7 Å². The van der Waals surface area contributed by atoms with Crippen LogP contribution in [0.1, 0.15) is 40.9 Å². The molecule has 4 heterocycles. The van der Waals surface area contributed by atoms with Crippen LogP contribution in [0.2, 0.25) is 0 Å². The van der Waals surface area contributed by atoms with E-state index in [1.54, 1.807) is 4.57 Å². The minimum Gasteiger partial charge on any atom is -0.382 e. The molecule has 0 bridgehead atoms. The molecule has 1 aliphatic rings. The van der Waals surface area contributed by atoms with Crippen molar-refractivity contribution >= 4 is 28.8 Å². The normalized spacial score (nSPS) is 17.5. The van der Waals surface area contributed by atoms with Gasteiger partial charge >= 0.3 is 6.18 Å². The molecule has 0 aliphatic carbocycles. The van der Waals surface area contributed by atoms with Crippen LogP contribution >= 0.6 is 0 Å². The molecule has 4 rings (SSSR count). The molecule has 1 fully saturated rings. The van der Waals surface area contributed by atoms with E-state index in [9.17, 15) is 22.8 Å². The van der Waals surface area contributed by atoms with Gasteiger partial charge in [0.1, 0.15) is 23.5 Å². The summed E-state index contributed by atoms with van der Waals surface area (Å²) in [6.07, 6.45) is -2.15. The van der Waals surface area contributed by atoms with E-state index >= 15 is 0 Å². The summed E-state index contributed by atoms with van der Waals surface area (Å²) in [7, 11) is 2.98. The lowest BCUT2D eigenvalue weighted by atomic mass is 10.2. The Labute approximate surface area is 202 Å². The number of rotatable bonds is 4. The molecular formula is C22H21F3N8O3. The summed E-state index contributed by atoms with van der Waals surface area (Å²) in [6.45, 7) is -0.0556. The van der Waals surface area contributed by atoms with Gasteiger partial charge in [0.15, 0.2) is 11.5 Å². The molecule has 0 saturated carbocycles. The fourth-order valence-electron chi connectivity index (χ4n) is 3.60. The average Bonchev–Trinajstić information content (AvgIpc) is 3.50. The molecule has 0 aromatic carbocycles. The van der Waals surface area contributed by atoms with Crippen LogP contribution in [0.15, 0.2) is 24.7 Å². The van der Waals surface area contributed by atoms with Crippen molar-refractivity contribution in [1.29, 1.82) is 0 Å². The summed E-state index contributed by atoms with van der Waals surface area (Å²) >= 11 is 0. The number of anilines is 1. The number of hydrogen-bond donors (Lipinski definition) is 2. The van der Waals surface area contributed by atoms with E-state index in [2.05, 4.69) is 37.1 Å². The first kappa shape index (κ1) is 24.9. The predicted octanol–water partition coefficient (Wildman–Crippen LogP) is 1.37. The van der Waals surface area contributed by atoms with Crippen molar-refractivity contribution < 1.29 is 27.5 Å². The van der Waals surface area contributed by atoms with E-state index in [1.165, 1.54) is 25.3 Å². The van der Waals surface area contributed by atoms with Crippen LogP contribution in [-0.4, -0.2) is 68.0 Å². The second-order valence-corrected chi connectivity index (χ2v) is 7.92. The third-order valence-corrected chi connectivity index (χ3v) is 5.46. The molecule has 0 unspecified atom stereocenters. The lowest BCUT2D eigenvalue weighted by molar-refractivity contribution is -0.141. The van der Waals surface area contributed by atoms with E-state index in [-0.39, 0.29) is 29.7 Å². The molecule has 2 atom stereocenters. The number of hydrogen-bond acceptors (Lipinski definition) is 8. The molecule has 11 nitrogen and oxygen atoms in total. The summed E-state index contributed by atoms with van der Waals surface area (Å²) in [5.74, 6) is 4.90. The largest absolute Gasteiger partial charge is 0.433 e. The first-order valence-corrected chi connectivity index (χ1v) is 10.7. The number of carbonyl (C=O) groups is 2. The molecule has 14 heteroatoms. The van der Waals surface area contributed by atoms with Gasteiger partial charge in [0.25, 0.3) is 5.91 Å². The molecule has 2 amide bonds. The molecular weight excluding hydrogens is 481 g/mol. The third kappa shape index (κ3) is 5.05. The minimum atomic E-state index is -4.59. The zero-order valence-electron chi connectivity index (χ0n) is 19.2. The smallest absolute Gasteiger partial charge is 0.382 e. The van der Waals surface area contributed by atoms with Crippen molar-refractivity contribution in [3.8, 4) is 11.8 Å². The number of nitrogens with two attached hydrogens (primary N) is 1. The number of halogens is 3. The van der Waals surface area contributed by atoms with Crippen molar-refractivity contribution in [2.75, 3.05) is 26.4 Å². The number of fused-ring (bicyclic) bond motifs is 1. The summed E-state index contributed by atoms with van der Waals surface area (Å²) in [5, 5.41) is 2.56. The van der Waals surface area contributed by atoms with Gasteiger partial charge in [-0.05, 0) is 30.9 Å². The van der Waals surface area contributed by atoms with E-state index in [0.29, 0.717) is 24.0 Å². The number of carbonyl (C=O) groups excluding carboxylic acids is 2. The Bertz CT molecular complexity index is 1360.